The Bertz CT molecular complexity index is 2900. The zero-order chi connectivity index (χ0) is 33.6. The van der Waals surface area contributed by atoms with Crippen LogP contribution < -0.4 is 10.4 Å². The summed E-state index contributed by atoms with van der Waals surface area (Å²) in [7, 11) is 0. The zero-order valence-electron chi connectivity index (χ0n) is 27.7. The Balaban J connectivity index is 1.39. The molecule has 0 aliphatic heterocycles. The lowest BCUT2D eigenvalue weighted by Crippen LogP contribution is -2.24. The number of hydrogen-bond donors (Lipinski definition) is 0. The van der Waals surface area contributed by atoms with Crippen molar-refractivity contribution in [1.29, 1.82) is 0 Å². The van der Waals surface area contributed by atoms with Gasteiger partial charge in [0, 0.05) is 0 Å². The Morgan fingerprint density at radius 3 is 1.50 bits per heavy atom. The predicted octanol–water partition coefficient (Wildman–Crippen LogP) is 12.3. The van der Waals surface area contributed by atoms with Gasteiger partial charge in [-0.05, 0) is 110 Å². The number of benzene rings is 9. The van der Waals surface area contributed by atoms with Crippen LogP contribution in [0.1, 0.15) is 0 Å². The number of allylic oxidation sites excluding steroid dienone is 1. The van der Waals surface area contributed by atoms with E-state index in [1.54, 1.807) is 0 Å². The topological polar surface area (TPSA) is 0 Å². The molecule has 0 N–H and O–H groups in total. The van der Waals surface area contributed by atoms with E-state index in [-0.39, 0.29) is 0 Å². The highest BCUT2D eigenvalue weighted by Crippen LogP contribution is 2.47. The number of hydrogen-bond acceptors (Lipinski definition) is 0. The van der Waals surface area contributed by atoms with Crippen molar-refractivity contribution >= 4 is 55.7 Å². The molecule has 0 saturated heterocycles. The second-order valence-corrected chi connectivity index (χ2v) is 13.0. The summed E-state index contributed by atoms with van der Waals surface area (Å²) in [5.41, 5.74) is 9.70. The fraction of sp³-hybridized carbons (Fsp3) is 0. The third-order valence-corrected chi connectivity index (χ3v) is 10.1. The van der Waals surface area contributed by atoms with Crippen LogP contribution in [0.3, 0.4) is 0 Å². The molecule has 234 valence electrons. The summed E-state index contributed by atoms with van der Waals surface area (Å²) in [5.74, 6) is 0. The van der Waals surface area contributed by atoms with E-state index in [1.807, 2.05) is 6.08 Å². The van der Waals surface area contributed by atoms with E-state index in [0.29, 0.717) is 0 Å². The standard InChI is InChI=1S/C50H34/c1-3-14-39-33(2)15-10-26-42(39)38-21-11-20-36(31-38)37-29-30-47-48(32-37)50(44-28-13-19-35-17-5-7-23-41(35)44)46-25-9-8-24-45(46)49(47)43-27-12-18-34-16-4-6-22-40(34)43/h3-32H,1-2H2/b39-14+. The van der Waals surface area contributed by atoms with Crippen LogP contribution in [-0.2, 0) is 0 Å². The Hall–Kier alpha value is -6.50. The van der Waals surface area contributed by atoms with Gasteiger partial charge in [0.2, 0.25) is 0 Å². The summed E-state index contributed by atoms with van der Waals surface area (Å²) in [5, 5.41) is 12.1. The first-order chi connectivity index (χ1) is 24.7. The summed E-state index contributed by atoms with van der Waals surface area (Å²) in [4.78, 5) is 0. The molecule has 0 spiro atoms. The normalized spacial score (nSPS) is 11.9. The van der Waals surface area contributed by atoms with Gasteiger partial charge in [-0.25, -0.2) is 0 Å². The van der Waals surface area contributed by atoms with Gasteiger partial charge in [-0.1, -0.05) is 183 Å². The van der Waals surface area contributed by atoms with Crippen LogP contribution in [0.4, 0.5) is 0 Å². The second-order valence-electron chi connectivity index (χ2n) is 13.0. The van der Waals surface area contributed by atoms with Crippen LogP contribution in [0.25, 0.3) is 100 Å². The van der Waals surface area contributed by atoms with E-state index in [4.69, 9.17) is 0 Å². The minimum Gasteiger partial charge on any atom is -0.0990 e. The van der Waals surface area contributed by atoms with Gasteiger partial charge < -0.3 is 0 Å². The smallest absolute Gasteiger partial charge is 0.00199 e. The molecule has 0 bridgehead atoms. The lowest BCUT2D eigenvalue weighted by Gasteiger charge is -2.20. The molecule has 9 aromatic rings. The second kappa shape index (κ2) is 12.2. The fourth-order valence-corrected chi connectivity index (χ4v) is 7.87. The summed E-state index contributed by atoms with van der Waals surface area (Å²) >= 11 is 0. The Morgan fingerprint density at radius 2 is 0.840 bits per heavy atom. The first-order valence-corrected chi connectivity index (χ1v) is 17.2. The zero-order valence-corrected chi connectivity index (χ0v) is 27.7. The van der Waals surface area contributed by atoms with Gasteiger partial charge >= 0.3 is 0 Å². The molecule has 0 fully saturated rings. The predicted molar refractivity (Wildman–Crippen MR) is 218 cm³/mol. The largest absolute Gasteiger partial charge is 0.0990 e. The number of fused-ring (bicyclic) bond motifs is 4. The first-order valence-electron chi connectivity index (χ1n) is 17.2. The van der Waals surface area contributed by atoms with Crippen molar-refractivity contribution in [2.24, 2.45) is 0 Å². The summed E-state index contributed by atoms with van der Waals surface area (Å²) in [6, 6.07) is 62.1. The van der Waals surface area contributed by atoms with Crippen LogP contribution in [-0.4, -0.2) is 0 Å². The van der Waals surface area contributed by atoms with Gasteiger partial charge in [0.25, 0.3) is 0 Å². The van der Waals surface area contributed by atoms with Gasteiger partial charge in [0.05, 0.1) is 0 Å². The van der Waals surface area contributed by atoms with Crippen molar-refractivity contribution < 1.29 is 0 Å². The molecule has 0 heterocycles. The van der Waals surface area contributed by atoms with Gasteiger partial charge in [0.1, 0.15) is 0 Å². The first kappa shape index (κ1) is 29.6. The maximum absolute atomic E-state index is 4.30. The van der Waals surface area contributed by atoms with Crippen molar-refractivity contribution in [1.82, 2.24) is 0 Å². The summed E-state index contributed by atoms with van der Waals surface area (Å²) < 4.78 is 0. The average molecular weight is 635 g/mol. The highest BCUT2D eigenvalue weighted by Gasteiger charge is 2.20. The van der Waals surface area contributed by atoms with Crippen LogP contribution >= 0.6 is 0 Å². The van der Waals surface area contributed by atoms with Gasteiger partial charge in [-0.15, -0.1) is 0 Å². The highest BCUT2D eigenvalue weighted by molar-refractivity contribution is 6.25. The van der Waals surface area contributed by atoms with Crippen molar-refractivity contribution in [3.8, 4) is 44.5 Å². The molecule has 50 heavy (non-hydrogen) atoms. The molecular weight excluding hydrogens is 601 g/mol. The molecule has 0 amide bonds. The van der Waals surface area contributed by atoms with Crippen LogP contribution in [0.2, 0.25) is 0 Å². The highest BCUT2D eigenvalue weighted by atomic mass is 14.2. The Morgan fingerprint density at radius 1 is 0.360 bits per heavy atom. The number of rotatable bonds is 5. The maximum atomic E-state index is 4.30. The van der Waals surface area contributed by atoms with E-state index in [9.17, 15) is 0 Å². The summed E-state index contributed by atoms with van der Waals surface area (Å²) in [6.45, 7) is 8.26. The molecule has 0 unspecified atom stereocenters. The minimum absolute atomic E-state index is 0.992. The van der Waals surface area contributed by atoms with E-state index in [1.165, 1.54) is 76.5 Å². The Labute approximate surface area is 292 Å². The molecule has 0 nitrogen and oxygen atoms in total. The molecule has 0 radical (unpaired) electrons. The molecule has 0 aliphatic carbocycles. The minimum atomic E-state index is 0.992. The lowest BCUT2D eigenvalue weighted by molar-refractivity contribution is 1.50. The SMILES string of the molecule is C=C/C=c1/c(-c2cccc(-c3ccc4c(-c5cccc6ccccc56)c5ccccc5c(-c5cccc6ccccc56)c4c3)c2)cccc1=C. The molecule has 0 aliphatic rings. The van der Waals surface area contributed by atoms with Crippen LogP contribution in [0.15, 0.2) is 183 Å². The van der Waals surface area contributed by atoms with Gasteiger partial charge in [-0.2, -0.15) is 0 Å². The molecule has 0 saturated carbocycles. The van der Waals surface area contributed by atoms with E-state index < -0.39 is 0 Å². The van der Waals surface area contributed by atoms with E-state index in [0.717, 1.165) is 21.6 Å². The third kappa shape index (κ3) is 4.85. The van der Waals surface area contributed by atoms with Crippen molar-refractivity contribution in [2.45, 2.75) is 0 Å². The maximum Gasteiger partial charge on any atom is -0.00199 e. The molecule has 0 aromatic heterocycles. The van der Waals surface area contributed by atoms with E-state index >= 15 is 0 Å². The molecule has 9 aromatic carbocycles. The van der Waals surface area contributed by atoms with Crippen molar-refractivity contribution in [2.75, 3.05) is 0 Å². The van der Waals surface area contributed by atoms with Crippen molar-refractivity contribution in [3.05, 3.63) is 193 Å². The third-order valence-electron chi connectivity index (χ3n) is 10.1. The van der Waals surface area contributed by atoms with Crippen LogP contribution in [0, 0.1) is 0 Å². The molecule has 0 heteroatoms. The van der Waals surface area contributed by atoms with Crippen molar-refractivity contribution in [3.63, 3.8) is 0 Å². The molecule has 9 rings (SSSR count). The van der Waals surface area contributed by atoms with Gasteiger partial charge in [-0.3, -0.25) is 0 Å². The van der Waals surface area contributed by atoms with E-state index in [2.05, 4.69) is 189 Å². The Kier molecular flexibility index (Phi) is 7.22. The summed E-state index contributed by atoms with van der Waals surface area (Å²) in [6.07, 6.45) is 3.89. The average Bonchev–Trinajstić information content (AvgIpc) is 3.17. The lowest BCUT2D eigenvalue weighted by atomic mass is 9.83. The molecular formula is C50H34. The van der Waals surface area contributed by atoms with Crippen LogP contribution in [0.5, 0.6) is 0 Å². The fourth-order valence-electron chi connectivity index (χ4n) is 7.87. The van der Waals surface area contributed by atoms with Gasteiger partial charge in [0.15, 0.2) is 0 Å². The monoisotopic (exact) mass is 634 g/mol. The quantitative estimate of drug-likeness (QED) is 0.165. The molecule has 0 atom stereocenters.